The van der Waals surface area contributed by atoms with Gasteiger partial charge < -0.3 is 16.4 Å². The molecule has 110 valence electrons. The Morgan fingerprint density at radius 3 is 2.95 bits per heavy atom. The standard InChI is InChI=1S/C14H23N5S/c1-3-8-17-14(19-13(15)20)18-10-5-7-12-11(2)6-4-9-16-12/h4,6,9H,3,5,7-8,10H2,1-2H3,(H4,15,17,18,19,20). The third kappa shape index (κ3) is 6.47. The summed E-state index contributed by atoms with van der Waals surface area (Å²) >= 11 is 4.83. The number of hydrogen-bond acceptors (Lipinski definition) is 3. The number of nitrogens with two attached hydrogens (primary N) is 1. The van der Waals surface area contributed by atoms with Gasteiger partial charge in [-0.2, -0.15) is 0 Å². The smallest absolute Gasteiger partial charge is 0.197 e. The maximum atomic E-state index is 5.47. The molecule has 20 heavy (non-hydrogen) atoms. The van der Waals surface area contributed by atoms with Crippen LogP contribution in [-0.4, -0.2) is 29.1 Å². The number of rotatable bonds is 6. The second-order valence-electron chi connectivity index (χ2n) is 4.52. The highest BCUT2D eigenvalue weighted by Gasteiger charge is 2.01. The van der Waals surface area contributed by atoms with Crippen molar-refractivity contribution >= 4 is 23.3 Å². The molecule has 0 amide bonds. The van der Waals surface area contributed by atoms with Crippen molar-refractivity contribution in [3.05, 3.63) is 29.6 Å². The lowest BCUT2D eigenvalue weighted by Crippen LogP contribution is -2.44. The van der Waals surface area contributed by atoms with Crippen LogP contribution in [0.3, 0.4) is 0 Å². The van der Waals surface area contributed by atoms with E-state index in [9.17, 15) is 0 Å². The Labute approximate surface area is 126 Å². The molecule has 0 aliphatic rings. The molecular formula is C14H23N5S. The van der Waals surface area contributed by atoms with Gasteiger partial charge >= 0.3 is 0 Å². The van der Waals surface area contributed by atoms with Crippen LogP contribution in [0.25, 0.3) is 0 Å². The summed E-state index contributed by atoms with van der Waals surface area (Å²) in [6.07, 6.45) is 4.73. The van der Waals surface area contributed by atoms with Gasteiger partial charge in [0.1, 0.15) is 0 Å². The van der Waals surface area contributed by atoms with Crippen LogP contribution in [-0.2, 0) is 6.42 Å². The van der Waals surface area contributed by atoms with Crippen LogP contribution >= 0.6 is 12.2 Å². The average molecular weight is 293 g/mol. The van der Waals surface area contributed by atoms with Gasteiger partial charge in [0.15, 0.2) is 11.1 Å². The van der Waals surface area contributed by atoms with Crippen LogP contribution in [0.1, 0.15) is 31.0 Å². The molecule has 4 N–H and O–H groups in total. The van der Waals surface area contributed by atoms with Crippen LogP contribution in [0.5, 0.6) is 0 Å². The molecule has 0 spiro atoms. The van der Waals surface area contributed by atoms with Gasteiger partial charge in [0.05, 0.1) is 0 Å². The molecule has 0 saturated carbocycles. The number of nitrogens with one attached hydrogen (secondary N) is 2. The summed E-state index contributed by atoms with van der Waals surface area (Å²) in [4.78, 5) is 8.73. The van der Waals surface area contributed by atoms with Crippen molar-refractivity contribution < 1.29 is 0 Å². The molecule has 0 radical (unpaired) electrons. The van der Waals surface area contributed by atoms with E-state index < -0.39 is 0 Å². The Hall–Kier alpha value is -1.69. The molecule has 0 atom stereocenters. The van der Waals surface area contributed by atoms with E-state index >= 15 is 0 Å². The SMILES string of the molecule is CCCN=C(NCCCc1ncccc1C)NC(N)=S. The van der Waals surface area contributed by atoms with Crippen molar-refractivity contribution in [3.8, 4) is 0 Å². The fourth-order valence-corrected chi connectivity index (χ4v) is 1.82. The lowest BCUT2D eigenvalue weighted by atomic mass is 10.1. The van der Waals surface area contributed by atoms with E-state index in [0.717, 1.165) is 38.0 Å². The number of aryl methyl sites for hydroxylation is 2. The Morgan fingerprint density at radius 2 is 2.30 bits per heavy atom. The van der Waals surface area contributed by atoms with Crippen LogP contribution in [0.15, 0.2) is 23.3 Å². The van der Waals surface area contributed by atoms with Gasteiger partial charge in [-0.25, -0.2) is 0 Å². The molecule has 0 unspecified atom stereocenters. The maximum Gasteiger partial charge on any atom is 0.197 e. The topological polar surface area (TPSA) is 75.3 Å². The molecule has 0 aliphatic heterocycles. The molecular weight excluding hydrogens is 270 g/mol. The minimum absolute atomic E-state index is 0.230. The van der Waals surface area contributed by atoms with Gasteiger partial charge in [0.25, 0.3) is 0 Å². The maximum absolute atomic E-state index is 5.47. The third-order valence-electron chi connectivity index (χ3n) is 2.74. The Kier molecular flexibility index (Phi) is 7.57. The molecule has 1 rings (SSSR count). The van der Waals surface area contributed by atoms with E-state index in [4.69, 9.17) is 18.0 Å². The highest BCUT2D eigenvalue weighted by Crippen LogP contribution is 2.05. The van der Waals surface area contributed by atoms with E-state index in [1.807, 2.05) is 12.3 Å². The molecule has 1 aromatic rings. The molecule has 0 fully saturated rings. The molecule has 5 nitrogen and oxygen atoms in total. The fourth-order valence-electron chi connectivity index (χ4n) is 1.72. The second-order valence-corrected chi connectivity index (χ2v) is 4.96. The van der Waals surface area contributed by atoms with Crippen molar-refractivity contribution in [1.82, 2.24) is 15.6 Å². The fraction of sp³-hybridized carbons (Fsp3) is 0.500. The number of thiocarbonyl (C=S) groups is 1. The normalized spacial score (nSPS) is 11.2. The van der Waals surface area contributed by atoms with Gasteiger partial charge in [0, 0.05) is 25.0 Å². The van der Waals surface area contributed by atoms with Crippen molar-refractivity contribution in [1.29, 1.82) is 0 Å². The van der Waals surface area contributed by atoms with Crippen molar-refractivity contribution in [2.75, 3.05) is 13.1 Å². The first-order valence-electron chi connectivity index (χ1n) is 6.88. The Bertz CT molecular complexity index is 459. The number of nitrogens with zero attached hydrogens (tertiary/aromatic N) is 2. The molecule has 0 aliphatic carbocycles. The highest BCUT2D eigenvalue weighted by molar-refractivity contribution is 7.80. The summed E-state index contributed by atoms with van der Waals surface area (Å²) in [5, 5.41) is 6.31. The predicted molar refractivity (Wildman–Crippen MR) is 87.8 cm³/mol. The second kappa shape index (κ2) is 9.25. The van der Waals surface area contributed by atoms with E-state index in [1.165, 1.54) is 5.56 Å². The molecule has 1 aromatic heterocycles. The van der Waals surface area contributed by atoms with Crippen molar-refractivity contribution in [3.63, 3.8) is 0 Å². The van der Waals surface area contributed by atoms with E-state index in [0.29, 0.717) is 5.96 Å². The summed E-state index contributed by atoms with van der Waals surface area (Å²) in [5.41, 5.74) is 7.84. The minimum Gasteiger partial charge on any atom is -0.376 e. The van der Waals surface area contributed by atoms with Crippen molar-refractivity contribution in [2.45, 2.75) is 33.1 Å². The highest BCUT2D eigenvalue weighted by atomic mass is 32.1. The average Bonchev–Trinajstić information content (AvgIpc) is 2.41. The third-order valence-corrected chi connectivity index (χ3v) is 2.84. The van der Waals surface area contributed by atoms with E-state index in [-0.39, 0.29) is 5.11 Å². The van der Waals surface area contributed by atoms with E-state index in [1.54, 1.807) is 0 Å². The molecule has 0 aromatic carbocycles. The summed E-state index contributed by atoms with van der Waals surface area (Å²) in [7, 11) is 0. The van der Waals surface area contributed by atoms with Crippen molar-refractivity contribution in [2.24, 2.45) is 10.7 Å². The largest absolute Gasteiger partial charge is 0.376 e. The first-order valence-corrected chi connectivity index (χ1v) is 7.29. The lowest BCUT2D eigenvalue weighted by Gasteiger charge is -2.11. The number of aromatic nitrogens is 1. The van der Waals surface area contributed by atoms with Gasteiger partial charge in [-0.3, -0.25) is 9.98 Å². The molecule has 1 heterocycles. The number of aliphatic imine (C=N–C) groups is 1. The van der Waals surface area contributed by atoms with Crippen LogP contribution in [0, 0.1) is 6.92 Å². The summed E-state index contributed by atoms with van der Waals surface area (Å²) in [6.45, 7) is 5.70. The zero-order valence-corrected chi connectivity index (χ0v) is 13.0. The summed E-state index contributed by atoms with van der Waals surface area (Å²) in [5.74, 6) is 0.650. The van der Waals surface area contributed by atoms with Crippen LogP contribution in [0.2, 0.25) is 0 Å². The monoisotopic (exact) mass is 293 g/mol. The van der Waals surface area contributed by atoms with Gasteiger partial charge in [0.2, 0.25) is 0 Å². The van der Waals surface area contributed by atoms with Gasteiger partial charge in [-0.05, 0) is 50.0 Å². The first-order chi connectivity index (χ1) is 9.63. The molecule has 0 bridgehead atoms. The number of hydrogen-bond donors (Lipinski definition) is 3. The molecule has 6 heteroatoms. The first kappa shape index (κ1) is 16.4. The summed E-state index contributed by atoms with van der Waals surface area (Å²) in [6, 6.07) is 4.04. The predicted octanol–water partition coefficient (Wildman–Crippen LogP) is 1.51. The number of pyridine rings is 1. The van der Waals surface area contributed by atoms with Crippen LogP contribution < -0.4 is 16.4 Å². The Balaban J connectivity index is 2.37. The molecule has 0 saturated heterocycles. The summed E-state index contributed by atoms with van der Waals surface area (Å²) < 4.78 is 0. The Morgan fingerprint density at radius 1 is 1.50 bits per heavy atom. The van der Waals surface area contributed by atoms with Gasteiger partial charge in [-0.1, -0.05) is 13.0 Å². The van der Waals surface area contributed by atoms with Gasteiger partial charge in [-0.15, -0.1) is 0 Å². The van der Waals surface area contributed by atoms with E-state index in [2.05, 4.69) is 40.5 Å². The zero-order valence-electron chi connectivity index (χ0n) is 12.1. The number of guanidine groups is 1. The quantitative estimate of drug-likeness (QED) is 0.321. The zero-order chi connectivity index (χ0) is 14.8. The minimum atomic E-state index is 0.230. The lowest BCUT2D eigenvalue weighted by molar-refractivity contribution is 0.743. The van der Waals surface area contributed by atoms with Crippen LogP contribution in [0.4, 0.5) is 0 Å².